The fraction of sp³-hybridized carbons (Fsp3) is 0. The summed E-state index contributed by atoms with van der Waals surface area (Å²) >= 11 is 0. The topological polar surface area (TPSA) is 102 Å². The van der Waals surface area contributed by atoms with Gasteiger partial charge in [-0.05, 0) is 36.4 Å². The molecule has 0 saturated heterocycles. The van der Waals surface area contributed by atoms with Crippen LogP contribution in [0.4, 0.5) is 33.9 Å². The van der Waals surface area contributed by atoms with Crippen molar-refractivity contribution in [2.45, 2.75) is 0 Å². The molecule has 0 bridgehead atoms. The first-order chi connectivity index (χ1) is 13.7. The Morgan fingerprint density at radius 2 is 1.50 bits per heavy atom. The van der Waals surface area contributed by atoms with Crippen LogP contribution in [-0.2, 0) is 0 Å². The highest BCUT2D eigenvalue weighted by Crippen LogP contribution is 2.33. The number of pyridine rings is 1. The highest BCUT2D eigenvalue weighted by atomic mass is 35.5. The van der Waals surface area contributed by atoms with E-state index in [9.17, 15) is 27.2 Å². The maximum absolute atomic E-state index is 14.3. The molecular formula is C19H13ClF4N4O2. The number of amides is 3. The lowest BCUT2D eigenvalue weighted by molar-refractivity contribution is 0.100. The summed E-state index contributed by atoms with van der Waals surface area (Å²) in [6, 6.07) is 6.19. The maximum atomic E-state index is 14.3. The number of halogens is 5. The Bertz CT molecular complexity index is 1120. The average molecular weight is 441 g/mol. The van der Waals surface area contributed by atoms with E-state index < -0.39 is 46.7 Å². The number of anilines is 2. The Morgan fingerprint density at radius 1 is 0.867 bits per heavy atom. The molecule has 1 aromatic heterocycles. The van der Waals surface area contributed by atoms with E-state index >= 15 is 0 Å². The highest BCUT2D eigenvalue weighted by Gasteiger charge is 2.26. The number of hydrogen-bond donors (Lipinski definition) is 2. The highest BCUT2D eigenvalue weighted by molar-refractivity contribution is 6.01. The molecule has 11 heteroatoms. The number of rotatable bonds is 4. The Labute approximate surface area is 173 Å². The summed E-state index contributed by atoms with van der Waals surface area (Å²) in [7, 11) is 0. The van der Waals surface area contributed by atoms with Crippen LogP contribution in [0.1, 0.15) is 10.4 Å². The van der Waals surface area contributed by atoms with Gasteiger partial charge in [0.2, 0.25) is 0 Å². The van der Waals surface area contributed by atoms with Crippen LogP contribution in [0.2, 0.25) is 0 Å². The van der Waals surface area contributed by atoms with Crippen LogP contribution in [0.25, 0.3) is 11.3 Å². The van der Waals surface area contributed by atoms with Crippen molar-refractivity contribution in [3.8, 4) is 11.3 Å². The lowest BCUT2D eigenvalue weighted by atomic mass is 10.0. The van der Waals surface area contributed by atoms with Crippen molar-refractivity contribution in [2.24, 2.45) is 11.5 Å². The van der Waals surface area contributed by atoms with Gasteiger partial charge < -0.3 is 11.5 Å². The largest absolute Gasteiger partial charge is 0.366 e. The minimum absolute atomic E-state index is 0. The third-order valence-corrected chi connectivity index (χ3v) is 3.94. The van der Waals surface area contributed by atoms with Crippen molar-refractivity contribution in [1.29, 1.82) is 0 Å². The summed E-state index contributed by atoms with van der Waals surface area (Å²) in [5.74, 6) is -5.58. The molecule has 0 radical (unpaired) electrons. The molecule has 0 saturated carbocycles. The molecule has 0 atom stereocenters. The van der Waals surface area contributed by atoms with E-state index in [-0.39, 0.29) is 29.2 Å². The Hall–Kier alpha value is -3.66. The molecule has 4 N–H and O–H groups in total. The first-order valence-corrected chi connectivity index (χ1v) is 8.00. The third kappa shape index (κ3) is 4.18. The Morgan fingerprint density at radius 3 is 2.03 bits per heavy atom. The minimum atomic E-state index is -1.29. The van der Waals surface area contributed by atoms with Gasteiger partial charge in [-0.25, -0.2) is 32.2 Å². The van der Waals surface area contributed by atoms with Gasteiger partial charge in [0.05, 0.1) is 11.3 Å². The van der Waals surface area contributed by atoms with Gasteiger partial charge in [0.1, 0.15) is 34.8 Å². The zero-order valence-electron chi connectivity index (χ0n) is 14.9. The molecule has 3 amide bonds. The van der Waals surface area contributed by atoms with Gasteiger partial charge in [-0.3, -0.25) is 4.79 Å². The van der Waals surface area contributed by atoms with Crippen LogP contribution in [0.5, 0.6) is 0 Å². The van der Waals surface area contributed by atoms with E-state index in [1.54, 1.807) is 0 Å². The molecule has 0 spiro atoms. The summed E-state index contributed by atoms with van der Waals surface area (Å²) in [4.78, 5) is 28.0. The van der Waals surface area contributed by atoms with E-state index in [0.717, 1.165) is 42.5 Å². The first kappa shape index (κ1) is 22.6. The quantitative estimate of drug-likeness (QED) is 0.598. The van der Waals surface area contributed by atoms with Crippen molar-refractivity contribution in [2.75, 3.05) is 4.90 Å². The number of benzene rings is 2. The molecule has 1 heterocycles. The van der Waals surface area contributed by atoms with Crippen LogP contribution in [0.15, 0.2) is 48.5 Å². The van der Waals surface area contributed by atoms with E-state index in [0.29, 0.717) is 11.0 Å². The van der Waals surface area contributed by atoms with E-state index in [4.69, 9.17) is 11.5 Å². The molecule has 2 aromatic carbocycles. The summed E-state index contributed by atoms with van der Waals surface area (Å²) in [6.07, 6.45) is 0. The molecule has 3 rings (SSSR count). The fourth-order valence-corrected chi connectivity index (χ4v) is 2.70. The molecule has 0 aliphatic heterocycles. The summed E-state index contributed by atoms with van der Waals surface area (Å²) in [5, 5.41) is 0. The third-order valence-electron chi connectivity index (χ3n) is 3.94. The predicted molar refractivity (Wildman–Crippen MR) is 103 cm³/mol. The zero-order chi connectivity index (χ0) is 21.3. The number of hydrogen-bond acceptors (Lipinski definition) is 3. The molecule has 0 aliphatic rings. The van der Waals surface area contributed by atoms with Gasteiger partial charge in [0, 0.05) is 11.6 Å². The lowest BCUT2D eigenvalue weighted by Gasteiger charge is -2.22. The zero-order valence-corrected chi connectivity index (χ0v) is 15.7. The van der Waals surface area contributed by atoms with E-state index in [1.165, 1.54) is 0 Å². The second kappa shape index (κ2) is 8.78. The first-order valence-electron chi connectivity index (χ1n) is 8.00. The normalized spacial score (nSPS) is 10.3. The van der Waals surface area contributed by atoms with Crippen LogP contribution in [0.3, 0.4) is 0 Å². The lowest BCUT2D eigenvalue weighted by Crippen LogP contribution is -2.33. The second-order valence-corrected chi connectivity index (χ2v) is 5.80. The summed E-state index contributed by atoms with van der Waals surface area (Å²) < 4.78 is 55.9. The molecule has 6 nitrogen and oxygen atoms in total. The summed E-state index contributed by atoms with van der Waals surface area (Å²) in [5.41, 5.74) is 8.78. The maximum Gasteiger partial charge on any atom is 0.325 e. The Balaban J connectivity index is 0.00000320. The number of carbonyl (C=O) groups is 2. The smallest absolute Gasteiger partial charge is 0.325 e. The summed E-state index contributed by atoms with van der Waals surface area (Å²) in [6.45, 7) is 0. The van der Waals surface area contributed by atoms with E-state index in [1.807, 2.05) is 0 Å². The number of urea groups is 1. The van der Waals surface area contributed by atoms with Crippen LogP contribution < -0.4 is 16.4 Å². The van der Waals surface area contributed by atoms with Crippen LogP contribution in [0, 0.1) is 23.3 Å². The second-order valence-electron chi connectivity index (χ2n) is 5.80. The van der Waals surface area contributed by atoms with Gasteiger partial charge in [-0.15, -0.1) is 12.4 Å². The monoisotopic (exact) mass is 440 g/mol. The van der Waals surface area contributed by atoms with Crippen molar-refractivity contribution in [3.63, 3.8) is 0 Å². The Kier molecular flexibility index (Phi) is 6.63. The number of carbonyl (C=O) groups excluding carboxylic acids is 2. The van der Waals surface area contributed by atoms with E-state index in [2.05, 4.69) is 4.98 Å². The molecular weight excluding hydrogens is 428 g/mol. The van der Waals surface area contributed by atoms with Crippen molar-refractivity contribution in [3.05, 3.63) is 77.4 Å². The fourth-order valence-electron chi connectivity index (χ4n) is 2.70. The number of nitrogens with two attached hydrogens (primary N) is 2. The van der Waals surface area contributed by atoms with Gasteiger partial charge >= 0.3 is 6.03 Å². The molecule has 156 valence electrons. The molecule has 0 fully saturated rings. The predicted octanol–water partition coefficient (Wildman–Crippen LogP) is 4.04. The SMILES string of the molecule is Cl.NC(=O)c1ccc(N(C(N)=O)c2c(F)cccc2F)nc1-c1ccc(F)cc1F. The van der Waals surface area contributed by atoms with Gasteiger partial charge in [-0.2, -0.15) is 0 Å². The number of primary amides is 2. The van der Waals surface area contributed by atoms with Crippen LogP contribution in [-0.4, -0.2) is 16.9 Å². The molecule has 0 unspecified atom stereocenters. The van der Waals surface area contributed by atoms with Crippen molar-refractivity contribution >= 4 is 35.9 Å². The van der Waals surface area contributed by atoms with Gasteiger partial charge in [-0.1, -0.05) is 6.07 Å². The van der Waals surface area contributed by atoms with Crippen molar-refractivity contribution < 1.29 is 27.2 Å². The number of aromatic nitrogens is 1. The van der Waals surface area contributed by atoms with Gasteiger partial charge in [0.25, 0.3) is 5.91 Å². The number of para-hydroxylation sites is 1. The minimum Gasteiger partial charge on any atom is -0.366 e. The molecule has 3 aromatic rings. The van der Waals surface area contributed by atoms with Crippen LogP contribution >= 0.6 is 12.4 Å². The van der Waals surface area contributed by atoms with Crippen molar-refractivity contribution in [1.82, 2.24) is 4.98 Å². The average Bonchev–Trinajstić information content (AvgIpc) is 2.64. The molecule has 30 heavy (non-hydrogen) atoms. The standard InChI is InChI=1S/C19H12F4N4O2.ClH/c20-9-4-5-10(14(23)8-9)16-11(18(24)28)6-7-15(26-16)27(19(25)29)17-12(21)2-1-3-13(17)22;/h1-8H,(H2,24,28)(H2,25,29);1H. The molecule has 0 aliphatic carbocycles. The van der Waals surface area contributed by atoms with Gasteiger partial charge in [0.15, 0.2) is 0 Å². The number of nitrogens with zero attached hydrogens (tertiary/aromatic N) is 2.